The third-order valence-corrected chi connectivity index (χ3v) is 9.13. The van der Waals surface area contributed by atoms with Gasteiger partial charge in [0.2, 0.25) is 6.43 Å². The molecule has 1 saturated carbocycles. The van der Waals surface area contributed by atoms with Gasteiger partial charge in [0.25, 0.3) is 5.91 Å². The van der Waals surface area contributed by atoms with E-state index in [-0.39, 0.29) is 72.7 Å². The number of nitrogens with zero attached hydrogens (tertiary/aromatic N) is 3. The molecule has 2 aromatic heterocycles. The Morgan fingerprint density at radius 1 is 1.32 bits per heavy atom. The van der Waals surface area contributed by atoms with Gasteiger partial charge in [0.15, 0.2) is 5.69 Å². The highest BCUT2D eigenvalue weighted by atomic mass is 32.2. The first-order valence-corrected chi connectivity index (χ1v) is 15.0. The summed E-state index contributed by atoms with van der Waals surface area (Å²) in [6.45, 7) is 2.50. The molecule has 0 unspecified atom stereocenters. The molecule has 15 heteroatoms. The number of alkyl halides is 4. The van der Waals surface area contributed by atoms with Gasteiger partial charge in [-0.15, -0.1) is 0 Å². The van der Waals surface area contributed by atoms with E-state index < -0.39 is 51.2 Å². The highest BCUT2D eigenvalue weighted by Gasteiger charge is 2.44. The maximum Gasteiger partial charge on any atom is 0.387 e. The molecular formula is C26H36F4N4O6S. The summed E-state index contributed by atoms with van der Waals surface area (Å²) in [5.74, 6) is -1.04. The number of hydrogen-bond donors (Lipinski definition) is 3. The van der Waals surface area contributed by atoms with Crippen molar-refractivity contribution in [1.29, 1.82) is 0 Å². The van der Waals surface area contributed by atoms with Crippen molar-refractivity contribution in [2.24, 2.45) is 5.41 Å². The number of aliphatic hydroxyl groups is 2. The summed E-state index contributed by atoms with van der Waals surface area (Å²) in [4.78, 5) is 17.3. The minimum Gasteiger partial charge on any atom is -0.434 e. The molecule has 1 fully saturated rings. The summed E-state index contributed by atoms with van der Waals surface area (Å²) < 4.78 is 83.2. The molecule has 2 aromatic rings. The van der Waals surface area contributed by atoms with Gasteiger partial charge in [0.1, 0.15) is 21.2 Å². The number of amides is 1. The lowest BCUT2D eigenvalue weighted by atomic mass is 9.82. The Morgan fingerprint density at radius 2 is 1.98 bits per heavy atom. The monoisotopic (exact) mass is 608 g/mol. The van der Waals surface area contributed by atoms with Crippen LogP contribution >= 0.6 is 0 Å². The Hall–Kier alpha value is -2.78. The molecule has 1 amide bonds. The van der Waals surface area contributed by atoms with Crippen molar-refractivity contribution in [2.45, 2.75) is 89.9 Å². The lowest BCUT2D eigenvalue weighted by molar-refractivity contribution is -0.0950. The number of pyridine rings is 1. The van der Waals surface area contributed by atoms with Gasteiger partial charge in [-0.1, -0.05) is 13.8 Å². The summed E-state index contributed by atoms with van der Waals surface area (Å²) in [5.41, 5.74) is -2.61. The van der Waals surface area contributed by atoms with Crippen LogP contribution in [0.3, 0.4) is 0 Å². The minimum absolute atomic E-state index is 0.0610. The highest BCUT2D eigenvalue weighted by Crippen LogP contribution is 2.37. The van der Waals surface area contributed by atoms with Crippen LogP contribution in [0.1, 0.15) is 61.8 Å². The van der Waals surface area contributed by atoms with Gasteiger partial charge in [0.05, 0.1) is 22.6 Å². The van der Waals surface area contributed by atoms with Crippen LogP contribution < -0.4 is 10.1 Å². The normalized spacial score (nSPS) is 21.9. The summed E-state index contributed by atoms with van der Waals surface area (Å²) in [5, 5.41) is 27.4. The molecule has 1 aliphatic rings. The maximum atomic E-state index is 13.4. The van der Waals surface area contributed by atoms with E-state index >= 15 is 0 Å². The molecule has 0 spiro atoms. The number of nitrogens with one attached hydrogen (secondary N) is 1. The van der Waals surface area contributed by atoms with Gasteiger partial charge < -0.3 is 20.3 Å². The third kappa shape index (κ3) is 7.36. The zero-order valence-corrected chi connectivity index (χ0v) is 24.3. The topological polar surface area (TPSA) is 144 Å². The Morgan fingerprint density at radius 3 is 2.51 bits per heavy atom. The molecule has 3 N–H and O–H groups in total. The Labute approximate surface area is 236 Å². The van der Waals surface area contributed by atoms with Crippen LogP contribution in [-0.2, 0) is 22.8 Å². The van der Waals surface area contributed by atoms with Gasteiger partial charge in [-0.05, 0) is 33.1 Å². The quantitative estimate of drug-likeness (QED) is 0.330. The number of sulfone groups is 1. The number of rotatable bonds is 11. The van der Waals surface area contributed by atoms with Crippen LogP contribution in [0.15, 0.2) is 12.3 Å². The number of halogens is 4. The fraction of sp³-hybridized carbons (Fsp3) is 0.654. The molecule has 0 radical (unpaired) electrons. The number of hydrogen-bond acceptors (Lipinski definition) is 8. The van der Waals surface area contributed by atoms with Crippen LogP contribution in [0.5, 0.6) is 5.75 Å². The van der Waals surface area contributed by atoms with Crippen molar-refractivity contribution < 1.29 is 45.7 Å². The van der Waals surface area contributed by atoms with Gasteiger partial charge in [-0.3, -0.25) is 14.5 Å². The second kappa shape index (κ2) is 12.2. The van der Waals surface area contributed by atoms with Gasteiger partial charge in [0, 0.05) is 54.7 Å². The van der Waals surface area contributed by atoms with Gasteiger partial charge in [-0.2, -0.15) is 13.9 Å². The van der Waals surface area contributed by atoms with E-state index in [9.17, 15) is 41.0 Å². The minimum atomic E-state index is -3.41. The van der Waals surface area contributed by atoms with E-state index in [0.717, 1.165) is 6.26 Å². The van der Waals surface area contributed by atoms with Crippen molar-refractivity contribution in [3.8, 4) is 17.0 Å². The molecule has 3 atom stereocenters. The standard InChI is InChI=1S/C26H36F4N4O6S/c1-6-34-21(17-12-31-15(9-18(17)40-24(29)30)11-25(3,4)23(27)28)14(2)20(33-34)22(36)32-13-26(37)8-7-16(10-19(26)35)41(5,38)39/h9,12,16,19,23-24,35,37H,6-8,10-11,13H2,1-5H3,(H,32,36)/t16-,19-,26-/m1/s1. The van der Waals surface area contributed by atoms with E-state index in [2.05, 4.69) is 15.4 Å². The summed E-state index contributed by atoms with van der Waals surface area (Å²) in [6, 6.07) is 1.17. The summed E-state index contributed by atoms with van der Waals surface area (Å²) >= 11 is 0. The lowest BCUT2D eigenvalue weighted by Crippen LogP contribution is -2.56. The predicted molar refractivity (Wildman–Crippen MR) is 142 cm³/mol. The average Bonchev–Trinajstić information content (AvgIpc) is 3.19. The fourth-order valence-corrected chi connectivity index (χ4v) is 5.98. The number of carbonyl (C=O) groups excluding carboxylic acids is 1. The molecule has 3 rings (SSSR count). The number of ether oxygens (including phenoxy) is 1. The zero-order chi connectivity index (χ0) is 30.9. The SMILES string of the molecule is CCn1nc(C(=O)NC[C@]2(O)CC[C@@H](S(C)(=O)=O)C[C@H]2O)c(C)c1-c1cnc(CC(C)(C)C(F)F)cc1OC(F)F. The van der Waals surface area contributed by atoms with Crippen LogP contribution in [0.4, 0.5) is 17.6 Å². The first kappa shape index (κ1) is 32.7. The van der Waals surface area contributed by atoms with E-state index in [1.807, 2.05) is 0 Å². The molecule has 0 aliphatic heterocycles. The number of aliphatic hydroxyl groups excluding tert-OH is 1. The number of aromatic nitrogens is 3. The molecule has 2 heterocycles. The Balaban J connectivity index is 1.90. The predicted octanol–water partition coefficient (Wildman–Crippen LogP) is 3.13. The summed E-state index contributed by atoms with van der Waals surface area (Å²) in [7, 11) is -3.41. The average molecular weight is 609 g/mol. The van der Waals surface area contributed by atoms with E-state index in [4.69, 9.17) is 4.74 Å². The molecule has 0 aromatic carbocycles. The van der Waals surface area contributed by atoms with E-state index in [0.29, 0.717) is 0 Å². The number of aryl methyl sites for hydroxylation is 1. The highest BCUT2D eigenvalue weighted by molar-refractivity contribution is 7.91. The number of carbonyl (C=O) groups is 1. The lowest BCUT2D eigenvalue weighted by Gasteiger charge is -2.39. The molecule has 230 valence electrons. The van der Waals surface area contributed by atoms with Crippen LogP contribution in [0.2, 0.25) is 0 Å². The van der Waals surface area contributed by atoms with Crippen LogP contribution in [0.25, 0.3) is 11.3 Å². The second-order valence-corrected chi connectivity index (χ2v) is 13.5. The molecular weight excluding hydrogens is 572 g/mol. The zero-order valence-electron chi connectivity index (χ0n) is 23.5. The van der Waals surface area contributed by atoms with Gasteiger partial charge >= 0.3 is 6.61 Å². The smallest absolute Gasteiger partial charge is 0.387 e. The van der Waals surface area contributed by atoms with Crippen molar-refractivity contribution >= 4 is 15.7 Å². The van der Waals surface area contributed by atoms with Crippen molar-refractivity contribution in [3.63, 3.8) is 0 Å². The maximum absolute atomic E-state index is 13.4. The van der Waals surface area contributed by atoms with Gasteiger partial charge in [-0.25, -0.2) is 17.2 Å². The van der Waals surface area contributed by atoms with Crippen molar-refractivity contribution in [2.75, 3.05) is 12.8 Å². The second-order valence-electron chi connectivity index (χ2n) is 11.2. The molecule has 10 nitrogen and oxygen atoms in total. The first-order chi connectivity index (χ1) is 18.9. The van der Waals surface area contributed by atoms with Crippen molar-refractivity contribution in [1.82, 2.24) is 20.1 Å². The fourth-order valence-electron chi connectivity index (χ4n) is 4.90. The first-order valence-electron chi connectivity index (χ1n) is 13.1. The largest absolute Gasteiger partial charge is 0.434 e. The van der Waals surface area contributed by atoms with E-state index in [1.165, 1.54) is 37.7 Å². The van der Waals surface area contributed by atoms with E-state index in [1.54, 1.807) is 6.92 Å². The molecule has 0 saturated heterocycles. The van der Waals surface area contributed by atoms with Crippen LogP contribution in [0, 0.1) is 12.3 Å². The Bertz CT molecular complexity index is 1370. The summed E-state index contributed by atoms with van der Waals surface area (Å²) in [6.07, 6.45) is -2.13. The molecule has 41 heavy (non-hydrogen) atoms. The van der Waals surface area contributed by atoms with Crippen molar-refractivity contribution in [3.05, 3.63) is 29.2 Å². The Kier molecular flexibility index (Phi) is 9.75. The van der Waals surface area contributed by atoms with Crippen LogP contribution in [-0.4, -0.2) is 82.1 Å². The molecule has 0 bridgehead atoms. The third-order valence-electron chi connectivity index (χ3n) is 7.49. The molecule has 1 aliphatic carbocycles.